The molecule has 0 saturated heterocycles. The Hall–Kier alpha value is -2.79. The maximum atomic E-state index is 12.9. The lowest BCUT2D eigenvalue weighted by molar-refractivity contribution is -0.112. The first-order chi connectivity index (χ1) is 18.3. The van der Waals surface area contributed by atoms with E-state index in [0.29, 0.717) is 30.4 Å². The summed E-state index contributed by atoms with van der Waals surface area (Å²) in [7, 11) is 2.99. The molecule has 1 aromatic carbocycles. The molecule has 1 heterocycles. The molecule has 2 amide bonds. The quantitative estimate of drug-likeness (QED) is 0.203. The van der Waals surface area contributed by atoms with Crippen molar-refractivity contribution in [3.63, 3.8) is 0 Å². The first-order valence-electron chi connectivity index (χ1n) is 12.9. The topological polar surface area (TPSA) is 161 Å². The van der Waals surface area contributed by atoms with E-state index in [1.165, 1.54) is 20.3 Å². The summed E-state index contributed by atoms with van der Waals surface area (Å²) in [4.78, 5) is 24.6. The molecule has 2 bridgehead atoms. The fourth-order valence-electron chi connectivity index (χ4n) is 4.88. The summed E-state index contributed by atoms with van der Waals surface area (Å²) in [5, 5.41) is 35.3. The molecule has 1 aromatic rings. The molecule has 0 aliphatic carbocycles. The number of rotatable bonds is 3. The van der Waals surface area contributed by atoms with Crippen LogP contribution in [0.2, 0.25) is 5.02 Å². The van der Waals surface area contributed by atoms with Gasteiger partial charge in [-0.25, -0.2) is 4.79 Å². The van der Waals surface area contributed by atoms with Gasteiger partial charge >= 0.3 is 6.09 Å². The van der Waals surface area contributed by atoms with Crippen molar-refractivity contribution in [3.8, 4) is 11.5 Å². The van der Waals surface area contributed by atoms with Crippen LogP contribution in [0.15, 0.2) is 29.4 Å². The Morgan fingerprint density at radius 3 is 2.36 bits per heavy atom. The van der Waals surface area contributed by atoms with Gasteiger partial charge in [-0.05, 0) is 57.1 Å². The number of methoxy groups -OCH3 is 2. The highest BCUT2D eigenvalue weighted by atomic mass is 35.5. The minimum Gasteiger partial charge on any atom is -0.506 e. The van der Waals surface area contributed by atoms with E-state index in [2.05, 4.69) is 5.32 Å². The van der Waals surface area contributed by atoms with Gasteiger partial charge in [0, 0.05) is 31.3 Å². The second kappa shape index (κ2) is 14.6. The molecule has 0 spiro atoms. The number of ether oxygens (including phenoxy) is 3. The Morgan fingerprint density at radius 2 is 1.77 bits per heavy atom. The maximum Gasteiger partial charge on any atom is 0.405 e. The number of aromatic hydroxyl groups is 2. The standard InChI is InChI=1S/C28H41ClN2O8/c1-14-10-18-24(33)19(29)13-20(25(18)34)31-27(35)15(2)8-7-9-21(37-5)26(39-28(30)36)17(4)12-16(3)23(32)22(11-14)38-6/h8,12-14,16,21-23,26,32-34H,7,9-11H2,1-6H3,(H2,30,36)(H,31,35)/t14-,16+,21+,22+,23-,26+/m1/s1. The Kier molecular flexibility index (Phi) is 12.1. The summed E-state index contributed by atoms with van der Waals surface area (Å²) in [5.41, 5.74) is 6.62. The minimum absolute atomic E-state index is 0.0150. The number of aliphatic hydroxyl groups excluding tert-OH is 1. The number of carbonyl (C=O) groups is 2. The van der Waals surface area contributed by atoms with Crippen molar-refractivity contribution >= 4 is 29.3 Å². The lowest BCUT2D eigenvalue weighted by Crippen LogP contribution is -2.37. The number of nitrogens with two attached hydrogens (primary N) is 1. The largest absolute Gasteiger partial charge is 0.506 e. The highest BCUT2D eigenvalue weighted by Gasteiger charge is 2.30. The summed E-state index contributed by atoms with van der Waals surface area (Å²) in [6.45, 7) is 7.10. The van der Waals surface area contributed by atoms with Gasteiger partial charge in [0.2, 0.25) is 0 Å². The molecule has 0 fully saturated rings. The average molecular weight is 569 g/mol. The zero-order valence-electron chi connectivity index (χ0n) is 23.4. The second-order valence-electron chi connectivity index (χ2n) is 10.2. The molecule has 0 aromatic heterocycles. The van der Waals surface area contributed by atoms with Gasteiger partial charge in [0.05, 0.1) is 29.0 Å². The number of hydrogen-bond acceptors (Lipinski definition) is 8. The molecule has 0 unspecified atom stereocenters. The number of primary amides is 1. The number of halogens is 1. The third-order valence-electron chi connectivity index (χ3n) is 7.10. The number of carbonyl (C=O) groups excluding carboxylic acids is 2. The third-order valence-corrected chi connectivity index (χ3v) is 7.39. The molecular weight excluding hydrogens is 528 g/mol. The molecule has 39 heavy (non-hydrogen) atoms. The number of anilines is 1. The van der Waals surface area contributed by atoms with Gasteiger partial charge in [0.1, 0.15) is 11.5 Å². The second-order valence-corrected chi connectivity index (χ2v) is 10.6. The Bertz CT molecular complexity index is 1090. The fourth-order valence-corrected chi connectivity index (χ4v) is 5.10. The number of fused-ring (bicyclic) bond motifs is 2. The van der Waals surface area contributed by atoms with E-state index < -0.39 is 42.3 Å². The number of aliphatic hydroxyl groups is 1. The van der Waals surface area contributed by atoms with E-state index in [1.807, 2.05) is 13.8 Å². The molecule has 10 nitrogen and oxygen atoms in total. The zero-order valence-corrected chi connectivity index (χ0v) is 24.1. The Labute approximate surface area is 234 Å². The molecule has 1 aliphatic rings. The highest BCUT2D eigenvalue weighted by Crippen LogP contribution is 2.42. The summed E-state index contributed by atoms with van der Waals surface area (Å²) in [6.07, 6.45) is 1.01. The van der Waals surface area contributed by atoms with Crippen LogP contribution >= 0.6 is 11.6 Å². The van der Waals surface area contributed by atoms with Gasteiger partial charge in [-0.3, -0.25) is 4.79 Å². The number of nitrogens with one attached hydrogen (secondary N) is 1. The van der Waals surface area contributed by atoms with Crippen LogP contribution in [0.3, 0.4) is 0 Å². The van der Waals surface area contributed by atoms with Crippen LogP contribution in [-0.2, 0) is 25.4 Å². The van der Waals surface area contributed by atoms with Crippen molar-refractivity contribution in [2.75, 3.05) is 19.5 Å². The van der Waals surface area contributed by atoms with Crippen LogP contribution in [0.25, 0.3) is 0 Å². The average Bonchev–Trinajstić information content (AvgIpc) is 2.88. The van der Waals surface area contributed by atoms with Crippen LogP contribution in [-0.4, -0.2) is 66.0 Å². The Morgan fingerprint density at radius 1 is 1.13 bits per heavy atom. The zero-order chi connectivity index (χ0) is 29.4. The van der Waals surface area contributed by atoms with Gasteiger partial charge in [0.15, 0.2) is 6.10 Å². The van der Waals surface area contributed by atoms with Crippen LogP contribution in [0.1, 0.15) is 52.5 Å². The van der Waals surface area contributed by atoms with E-state index in [0.717, 1.165) is 0 Å². The number of hydrogen-bond donors (Lipinski definition) is 5. The lowest BCUT2D eigenvalue weighted by atomic mass is 9.87. The Balaban J connectivity index is 2.56. The van der Waals surface area contributed by atoms with Crippen LogP contribution in [0.4, 0.5) is 10.5 Å². The highest BCUT2D eigenvalue weighted by molar-refractivity contribution is 6.32. The fraction of sp³-hybridized carbons (Fsp3) is 0.571. The molecule has 2 rings (SSSR count). The predicted octanol–water partition coefficient (Wildman–Crippen LogP) is 4.44. The van der Waals surface area contributed by atoms with Crippen molar-refractivity contribution < 1.29 is 39.1 Å². The first-order valence-corrected chi connectivity index (χ1v) is 13.3. The molecule has 6 atom stereocenters. The van der Waals surface area contributed by atoms with Crippen LogP contribution in [0, 0.1) is 11.8 Å². The number of phenolic OH excluding ortho intramolecular Hbond substituents is 2. The molecule has 6 N–H and O–H groups in total. The summed E-state index contributed by atoms with van der Waals surface area (Å²) < 4.78 is 16.6. The van der Waals surface area contributed by atoms with Crippen molar-refractivity contribution in [2.45, 2.75) is 77.8 Å². The molecule has 218 valence electrons. The van der Waals surface area contributed by atoms with E-state index in [9.17, 15) is 24.9 Å². The predicted molar refractivity (Wildman–Crippen MR) is 149 cm³/mol. The molecule has 0 radical (unpaired) electrons. The van der Waals surface area contributed by atoms with Crippen LogP contribution in [0.5, 0.6) is 11.5 Å². The molecule has 1 aliphatic heterocycles. The number of benzene rings is 1. The minimum atomic E-state index is -0.959. The summed E-state index contributed by atoms with van der Waals surface area (Å²) in [6, 6.07) is 1.29. The van der Waals surface area contributed by atoms with Gasteiger partial charge in [0.25, 0.3) is 5.91 Å². The van der Waals surface area contributed by atoms with E-state index >= 15 is 0 Å². The first kappa shape index (κ1) is 32.4. The van der Waals surface area contributed by atoms with E-state index in [1.54, 1.807) is 26.0 Å². The van der Waals surface area contributed by atoms with E-state index in [4.69, 9.17) is 31.5 Å². The lowest BCUT2D eigenvalue weighted by Gasteiger charge is -2.30. The van der Waals surface area contributed by atoms with Gasteiger partial charge in [-0.1, -0.05) is 37.6 Å². The van der Waals surface area contributed by atoms with Gasteiger partial charge < -0.3 is 40.6 Å². The normalized spacial score (nSPS) is 27.7. The molecule has 0 saturated carbocycles. The van der Waals surface area contributed by atoms with Crippen molar-refractivity contribution in [3.05, 3.63) is 40.0 Å². The number of amides is 2. The number of phenols is 2. The maximum absolute atomic E-state index is 12.9. The SMILES string of the molecule is CO[C@H]1C[C@H](C)Cc2c(O)c(Cl)cc(c2O)NC(=O)C(C)=CCC[C@H](OC)[C@@H](OC(N)=O)C(C)=C[C@H](C)[C@H]1O. The van der Waals surface area contributed by atoms with Crippen molar-refractivity contribution in [2.24, 2.45) is 17.6 Å². The van der Waals surface area contributed by atoms with Gasteiger partial charge in [-0.15, -0.1) is 0 Å². The van der Waals surface area contributed by atoms with E-state index in [-0.39, 0.29) is 40.1 Å². The monoisotopic (exact) mass is 568 g/mol. The number of allylic oxidation sites excluding steroid dienone is 1. The molecular formula is C28H41ClN2O8. The molecule has 11 heteroatoms. The van der Waals surface area contributed by atoms with Gasteiger partial charge in [-0.2, -0.15) is 0 Å². The smallest absolute Gasteiger partial charge is 0.405 e. The third kappa shape index (κ3) is 8.60. The van der Waals surface area contributed by atoms with Crippen molar-refractivity contribution in [1.29, 1.82) is 0 Å². The van der Waals surface area contributed by atoms with Crippen LogP contribution < -0.4 is 11.1 Å². The van der Waals surface area contributed by atoms with Crippen molar-refractivity contribution in [1.82, 2.24) is 0 Å². The summed E-state index contributed by atoms with van der Waals surface area (Å²) >= 11 is 6.23. The summed E-state index contributed by atoms with van der Waals surface area (Å²) in [5.74, 6) is -1.59.